The third-order valence-electron chi connectivity index (χ3n) is 2.98. The molecule has 4 heteroatoms. The molecule has 1 aromatic rings. The van der Waals surface area contributed by atoms with Crippen LogP contribution in [0.5, 0.6) is 0 Å². The molecule has 0 saturated carbocycles. The maximum atomic E-state index is 4.06. The number of aromatic amines is 1. The maximum Gasteiger partial charge on any atom is -1.00 e. The van der Waals surface area contributed by atoms with Gasteiger partial charge in [-0.3, -0.25) is 0 Å². The molecule has 0 aromatic carbocycles. The zero-order valence-corrected chi connectivity index (χ0v) is 14.2. The Morgan fingerprint density at radius 1 is 1.12 bits per heavy atom. The molecule has 1 N–H and O–H groups in total. The van der Waals surface area contributed by atoms with Gasteiger partial charge in [0.25, 0.3) is 0 Å². The fourth-order valence-electron chi connectivity index (χ4n) is 1.68. The quantitative estimate of drug-likeness (QED) is 0.576. The van der Waals surface area contributed by atoms with Crippen molar-refractivity contribution in [3.8, 4) is 0 Å². The second-order valence-electron chi connectivity index (χ2n) is 3.96. The predicted molar refractivity (Wildman–Crippen MR) is 61.0 cm³/mol. The maximum absolute atomic E-state index is 4.06. The molecule has 0 atom stereocenters. The van der Waals surface area contributed by atoms with Gasteiger partial charge in [-0.25, -0.2) is 0 Å². The number of rotatable bonds is 2. The van der Waals surface area contributed by atoms with E-state index in [0.717, 1.165) is 0 Å². The molecule has 2 rings (SSSR count). The molecule has 0 aliphatic heterocycles. The van der Waals surface area contributed by atoms with Gasteiger partial charge in [-0.1, -0.05) is 0 Å². The van der Waals surface area contributed by atoms with Crippen molar-refractivity contribution in [1.82, 2.24) is 4.98 Å². The average molecular weight is 347 g/mol. The molecular weight excluding hydrogens is 332 g/mol. The van der Waals surface area contributed by atoms with Crippen LogP contribution in [0.1, 0.15) is 16.8 Å². The number of allylic oxidation sites excluding steroid dienone is 5. The van der Waals surface area contributed by atoms with E-state index in [2.05, 4.69) is 50.6 Å². The van der Waals surface area contributed by atoms with Crippen molar-refractivity contribution in [2.24, 2.45) is 0 Å². The first-order valence-corrected chi connectivity index (χ1v) is 7.56. The molecular formula is C13H15Cl2NZr. The fraction of sp³-hybridized carbons (Fsp3) is 0.231. The van der Waals surface area contributed by atoms with Crippen LogP contribution >= 0.6 is 0 Å². The summed E-state index contributed by atoms with van der Waals surface area (Å²) in [6.07, 6.45) is 6.43. The summed E-state index contributed by atoms with van der Waals surface area (Å²) in [7, 11) is 0. The van der Waals surface area contributed by atoms with Crippen molar-refractivity contribution in [2.45, 2.75) is 20.8 Å². The van der Waals surface area contributed by atoms with E-state index in [1.807, 2.05) is 0 Å². The normalized spacial score (nSPS) is 12.6. The van der Waals surface area contributed by atoms with Crippen LogP contribution in [0.4, 0.5) is 0 Å². The van der Waals surface area contributed by atoms with E-state index in [4.69, 9.17) is 0 Å². The van der Waals surface area contributed by atoms with Crippen molar-refractivity contribution in [1.29, 1.82) is 0 Å². The largest absolute Gasteiger partial charge is 1.00 e. The third-order valence-corrected chi connectivity index (χ3v) is 6.68. The zero-order valence-electron chi connectivity index (χ0n) is 10.2. The van der Waals surface area contributed by atoms with E-state index in [-0.39, 0.29) is 24.8 Å². The first-order chi connectivity index (χ1) is 7.09. The standard InChI is InChI=1S/C7H10N.C6H5.2ClH.Zr/c1-5-4-8-7(3)6(5)2;1-6-4-2-3-5-6;;;/h8H,1-3H3;2-4H,1H2;2*1H;/q;;;;+2/p-2. The molecule has 0 unspecified atom stereocenters. The number of hydrogen-bond donors (Lipinski definition) is 1. The number of halogens is 2. The van der Waals surface area contributed by atoms with Crippen LogP contribution in [0, 0.1) is 20.8 Å². The SMILES string of the molecule is C=C1C=CC=[C]1[Zr+2][c]1[nH]c(C)c(C)c1C.[Cl-].[Cl-]. The summed E-state index contributed by atoms with van der Waals surface area (Å²) in [6, 6.07) is 0. The molecule has 0 spiro atoms. The molecule has 1 aliphatic rings. The van der Waals surface area contributed by atoms with E-state index in [1.165, 1.54) is 29.1 Å². The fourth-order valence-corrected chi connectivity index (χ4v) is 4.92. The Morgan fingerprint density at radius 2 is 1.76 bits per heavy atom. The molecule has 1 nitrogen and oxygen atoms in total. The smallest absolute Gasteiger partial charge is 1.00 e. The Bertz CT molecular complexity index is 484. The van der Waals surface area contributed by atoms with Crippen LogP contribution in [-0.4, -0.2) is 4.98 Å². The van der Waals surface area contributed by atoms with E-state index in [9.17, 15) is 0 Å². The molecule has 17 heavy (non-hydrogen) atoms. The monoisotopic (exact) mass is 345 g/mol. The van der Waals surface area contributed by atoms with Crippen LogP contribution in [0.15, 0.2) is 33.7 Å². The molecule has 1 aromatic heterocycles. The van der Waals surface area contributed by atoms with Crippen molar-refractivity contribution in [2.75, 3.05) is 0 Å². The number of aromatic nitrogens is 1. The second-order valence-corrected chi connectivity index (χ2v) is 7.13. The van der Waals surface area contributed by atoms with Gasteiger partial charge in [-0.05, 0) is 0 Å². The van der Waals surface area contributed by atoms with Crippen LogP contribution in [0.2, 0.25) is 0 Å². The Morgan fingerprint density at radius 3 is 2.18 bits per heavy atom. The summed E-state index contributed by atoms with van der Waals surface area (Å²) >= 11 is -0.667. The van der Waals surface area contributed by atoms with E-state index < -0.39 is 23.2 Å². The Balaban J connectivity index is 0.00000128. The van der Waals surface area contributed by atoms with Gasteiger partial charge in [0.05, 0.1) is 0 Å². The number of H-pyrrole nitrogens is 1. The minimum absolute atomic E-state index is 0. The molecule has 0 saturated heterocycles. The first kappa shape index (κ1) is 17.0. The third kappa shape index (κ3) is 3.47. The molecule has 90 valence electrons. The molecule has 0 amide bonds. The van der Waals surface area contributed by atoms with Crippen LogP contribution < -0.4 is 28.2 Å². The van der Waals surface area contributed by atoms with Crippen molar-refractivity contribution in [3.05, 3.63) is 50.5 Å². The van der Waals surface area contributed by atoms with Gasteiger partial charge < -0.3 is 24.8 Å². The van der Waals surface area contributed by atoms with E-state index in [0.29, 0.717) is 0 Å². The van der Waals surface area contributed by atoms with Gasteiger partial charge in [0.1, 0.15) is 0 Å². The van der Waals surface area contributed by atoms with Gasteiger partial charge in [0.15, 0.2) is 0 Å². The van der Waals surface area contributed by atoms with Gasteiger partial charge >= 0.3 is 103 Å². The molecule has 1 aliphatic carbocycles. The average Bonchev–Trinajstić information content (AvgIpc) is 2.69. The molecule has 0 bridgehead atoms. The Kier molecular flexibility index (Phi) is 6.76. The van der Waals surface area contributed by atoms with Crippen LogP contribution in [0.25, 0.3) is 0 Å². The van der Waals surface area contributed by atoms with Gasteiger partial charge in [-0.2, -0.15) is 0 Å². The summed E-state index contributed by atoms with van der Waals surface area (Å²) in [5.41, 5.74) is 5.41. The Hall–Kier alpha value is -0.0369. The van der Waals surface area contributed by atoms with Crippen LogP contribution in [-0.2, 0) is 23.2 Å². The minimum Gasteiger partial charge on any atom is -1.00 e. The van der Waals surface area contributed by atoms with Gasteiger partial charge in [0.2, 0.25) is 0 Å². The number of hydrogen-bond acceptors (Lipinski definition) is 0. The first-order valence-electron chi connectivity index (χ1n) is 5.10. The minimum atomic E-state index is -0.667. The summed E-state index contributed by atoms with van der Waals surface area (Å²) in [5.74, 6) is 0. The molecule has 0 fully saturated rings. The van der Waals surface area contributed by atoms with E-state index >= 15 is 0 Å². The van der Waals surface area contributed by atoms with E-state index in [1.54, 1.807) is 0 Å². The van der Waals surface area contributed by atoms with Crippen LogP contribution in [0.3, 0.4) is 0 Å². The second kappa shape index (κ2) is 6.78. The van der Waals surface area contributed by atoms with Gasteiger partial charge in [0, 0.05) is 0 Å². The van der Waals surface area contributed by atoms with Gasteiger partial charge in [-0.15, -0.1) is 0 Å². The number of aryl methyl sites for hydroxylation is 1. The molecule has 1 heterocycles. The summed E-state index contributed by atoms with van der Waals surface area (Å²) < 4.78 is 2.98. The predicted octanol–water partition coefficient (Wildman–Crippen LogP) is -3.33. The summed E-state index contributed by atoms with van der Waals surface area (Å²) in [6.45, 7) is 10.6. The summed E-state index contributed by atoms with van der Waals surface area (Å²) in [5, 5.41) is 0. The molecule has 0 radical (unpaired) electrons. The zero-order chi connectivity index (χ0) is 11.0. The Labute approximate surface area is 127 Å². The summed E-state index contributed by atoms with van der Waals surface area (Å²) in [4.78, 5) is 3.53. The number of nitrogens with one attached hydrogen (secondary N) is 1. The van der Waals surface area contributed by atoms with Crippen molar-refractivity contribution in [3.63, 3.8) is 0 Å². The van der Waals surface area contributed by atoms with Crippen molar-refractivity contribution >= 4 is 3.40 Å². The van der Waals surface area contributed by atoms with Crippen molar-refractivity contribution < 1.29 is 48.0 Å². The topological polar surface area (TPSA) is 15.8 Å².